The Kier molecular flexibility index (Phi) is 3.74. The van der Waals surface area contributed by atoms with Crippen molar-refractivity contribution in [3.05, 3.63) is 71.8 Å². The molecule has 0 aliphatic carbocycles. The van der Waals surface area contributed by atoms with Gasteiger partial charge in [-0.1, -0.05) is 60.7 Å². The van der Waals surface area contributed by atoms with E-state index in [1.165, 1.54) is 0 Å². The van der Waals surface area contributed by atoms with Crippen LogP contribution in [0.5, 0.6) is 0 Å². The van der Waals surface area contributed by atoms with E-state index in [0.29, 0.717) is 0 Å². The van der Waals surface area contributed by atoms with Crippen molar-refractivity contribution in [2.24, 2.45) is 0 Å². The first kappa shape index (κ1) is 14.2. The van der Waals surface area contributed by atoms with Gasteiger partial charge in [0, 0.05) is 13.1 Å². The fourth-order valence-electron chi connectivity index (χ4n) is 2.86. The molecule has 2 aromatic rings. The largest absolute Gasteiger partial charge is 0.381 e. The lowest BCUT2D eigenvalue weighted by molar-refractivity contribution is -0.187. The second-order valence-electron chi connectivity index (χ2n) is 5.53. The van der Waals surface area contributed by atoms with Crippen LogP contribution in [0, 0.1) is 0 Å². The van der Waals surface area contributed by atoms with Crippen LogP contribution >= 0.6 is 0 Å². The summed E-state index contributed by atoms with van der Waals surface area (Å²) in [4.78, 5) is 1.89. The number of aliphatic hydroxyl groups is 1. The molecule has 0 unspecified atom stereocenters. The molecule has 0 atom stereocenters. The summed E-state index contributed by atoms with van der Waals surface area (Å²) in [5.41, 5.74) is 0.210. The maximum Gasteiger partial charge on any atom is 0.269 e. The molecule has 3 rings (SSSR count). The number of nitrogens with zero attached hydrogens (tertiary/aromatic N) is 1. The standard InChI is InChI=1S/C17H17F2NO/c18-16(19)17(21)11-20(12-17)15(13-7-3-1-4-8-13)14-9-5-2-6-10-14/h1-10,15-16,21H,11-12H2. The predicted octanol–water partition coefficient (Wildman–Crippen LogP) is 3.09. The monoisotopic (exact) mass is 289 g/mol. The summed E-state index contributed by atoms with van der Waals surface area (Å²) in [6.07, 6.45) is -2.71. The van der Waals surface area contributed by atoms with Crippen molar-refractivity contribution in [3.8, 4) is 0 Å². The first-order chi connectivity index (χ1) is 10.1. The summed E-state index contributed by atoms with van der Waals surface area (Å²) in [7, 11) is 0. The Morgan fingerprint density at radius 1 is 0.857 bits per heavy atom. The highest BCUT2D eigenvalue weighted by Crippen LogP contribution is 2.38. The van der Waals surface area contributed by atoms with Crippen LogP contribution in [0.4, 0.5) is 8.78 Å². The average molecular weight is 289 g/mol. The van der Waals surface area contributed by atoms with Crippen LogP contribution in [0.3, 0.4) is 0 Å². The van der Waals surface area contributed by atoms with E-state index in [9.17, 15) is 13.9 Å². The molecule has 2 aromatic carbocycles. The maximum absolute atomic E-state index is 12.8. The Hall–Kier alpha value is -1.78. The van der Waals surface area contributed by atoms with E-state index in [2.05, 4.69) is 0 Å². The molecule has 1 fully saturated rings. The number of alkyl halides is 2. The molecular weight excluding hydrogens is 272 g/mol. The molecule has 2 nitrogen and oxygen atoms in total. The second kappa shape index (κ2) is 5.54. The van der Waals surface area contributed by atoms with Crippen LogP contribution in [0.15, 0.2) is 60.7 Å². The van der Waals surface area contributed by atoms with Gasteiger partial charge in [0.15, 0.2) is 5.60 Å². The number of rotatable bonds is 4. The minimum Gasteiger partial charge on any atom is -0.381 e. The van der Waals surface area contributed by atoms with E-state index < -0.39 is 12.0 Å². The lowest BCUT2D eigenvalue weighted by Gasteiger charge is -2.49. The maximum atomic E-state index is 12.8. The molecule has 0 radical (unpaired) electrons. The van der Waals surface area contributed by atoms with Gasteiger partial charge in [0.05, 0.1) is 6.04 Å². The SMILES string of the molecule is OC1(C(F)F)CN(C(c2ccccc2)c2ccccc2)C1. The zero-order valence-corrected chi connectivity index (χ0v) is 11.5. The summed E-state index contributed by atoms with van der Waals surface area (Å²) < 4.78 is 25.7. The Morgan fingerprint density at radius 3 is 1.67 bits per heavy atom. The number of hydrogen-bond donors (Lipinski definition) is 1. The highest BCUT2D eigenvalue weighted by atomic mass is 19.3. The molecule has 0 bridgehead atoms. The van der Waals surface area contributed by atoms with Gasteiger partial charge in [0.1, 0.15) is 0 Å². The highest BCUT2D eigenvalue weighted by molar-refractivity contribution is 5.33. The first-order valence-corrected chi connectivity index (χ1v) is 6.95. The first-order valence-electron chi connectivity index (χ1n) is 6.95. The Morgan fingerprint density at radius 2 is 1.29 bits per heavy atom. The molecule has 0 spiro atoms. The second-order valence-corrected chi connectivity index (χ2v) is 5.53. The van der Waals surface area contributed by atoms with Gasteiger partial charge < -0.3 is 5.11 Å². The molecule has 0 amide bonds. The van der Waals surface area contributed by atoms with Gasteiger partial charge in [0.25, 0.3) is 6.43 Å². The molecular formula is C17H17F2NO. The molecule has 1 aliphatic rings. The van der Waals surface area contributed by atoms with Gasteiger partial charge in [0.2, 0.25) is 0 Å². The fraction of sp³-hybridized carbons (Fsp3) is 0.294. The predicted molar refractivity (Wildman–Crippen MR) is 77.3 cm³/mol. The molecule has 4 heteroatoms. The van der Waals surface area contributed by atoms with Crippen molar-refractivity contribution < 1.29 is 13.9 Å². The number of halogens is 2. The van der Waals surface area contributed by atoms with Crippen molar-refractivity contribution in [2.75, 3.05) is 13.1 Å². The van der Waals surface area contributed by atoms with Gasteiger partial charge in [-0.3, -0.25) is 4.90 Å². The third-order valence-corrected chi connectivity index (χ3v) is 3.96. The average Bonchev–Trinajstić information content (AvgIpc) is 2.47. The van der Waals surface area contributed by atoms with E-state index >= 15 is 0 Å². The van der Waals surface area contributed by atoms with Crippen molar-refractivity contribution in [1.29, 1.82) is 0 Å². The topological polar surface area (TPSA) is 23.5 Å². The quantitative estimate of drug-likeness (QED) is 0.935. The Labute approximate surface area is 122 Å². The van der Waals surface area contributed by atoms with Gasteiger partial charge in [-0.05, 0) is 11.1 Å². The van der Waals surface area contributed by atoms with Gasteiger partial charge >= 0.3 is 0 Å². The van der Waals surface area contributed by atoms with Crippen LogP contribution < -0.4 is 0 Å². The van der Waals surface area contributed by atoms with E-state index in [1.54, 1.807) is 0 Å². The van der Waals surface area contributed by atoms with E-state index in [0.717, 1.165) is 11.1 Å². The van der Waals surface area contributed by atoms with Crippen molar-refractivity contribution >= 4 is 0 Å². The van der Waals surface area contributed by atoms with E-state index in [4.69, 9.17) is 0 Å². The summed E-state index contributed by atoms with van der Waals surface area (Å²) in [5, 5.41) is 9.81. The summed E-state index contributed by atoms with van der Waals surface area (Å²) in [6.45, 7) is -0.0295. The number of benzene rings is 2. The molecule has 1 saturated heterocycles. The number of β-amino-alcohol motifs (C(OH)–C–C–N with tert-alkyl or cyclic N) is 1. The smallest absolute Gasteiger partial charge is 0.269 e. The summed E-state index contributed by atoms with van der Waals surface area (Å²) >= 11 is 0. The highest BCUT2D eigenvalue weighted by Gasteiger charge is 2.51. The fourth-order valence-corrected chi connectivity index (χ4v) is 2.86. The molecule has 1 aliphatic heterocycles. The lowest BCUT2D eigenvalue weighted by Crippen LogP contribution is -2.66. The van der Waals surface area contributed by atoms with Gasteiger partial charge in [-0.15, -0.1) is 0 Å². The van der Waals surface area contributed by atoms with Crippen LogP contribution in [-0.2, 0) is 0 Å². The molecule has 0 saturated carbocycles. The normalized spacial score (nSPS) is 18.0. The van der Waals surface area contributed by atoms with Crippen molar-refractivity contribution in [2.45, 2.75) is 18.1 Å². The zero-order chi connectivity index (χ0) is 14.9. The minimum absolute atomic E-state index is 0.0148. The van der Waals surface area contributed by atoms with Crippen LogP contribution in [0.2, 0.25) is 0 Å². The van der Waals surface area contributed by atoms with Crippen LogP contribution in [-0.4, -0.2) is 35.1 Å². The van der Waals surface area contributed by atoms with E-state index in [-0.39, 0.29) is 19.1 Å². The van der Waals surface area contributed by atoms with Gasteiger partial charge in [-0.2, -0.15) is 0 Å². The Balaban J connectivity index is 1.89. The van der Waals surface area contributed by atoms with Gasteiger partial charge in [-0.25, -0.2) is 8.78 Å². The molecule has 1 N–H and O–H groups in total. The van der Waals surface area contributed by atoms with Crippen molar-refractivity contribution in [1.82, 2.24) is 4.90 Å². The summed E-state index contributed by atoms with van der Waals surface area (Å²) in [5.74, 6) is 0. The zero-order valence-electron chi connectivity index (χ0n) is 11.5. The van der Waals surface area contributed by atoms with E-state index in [1.807, 2.05) is 65.6 Å². The Bertz CT molecular complexity index is 543. The third-order valence-electron chi connectivity index (χ3n) is 3.96. The molecule has 110 valence electrons. The third kappa shape index (κ3) is 2.69. The molecule has 21 heavy (non-hydrogen) atoms. The number of hydrogen-bond acceptors (Lipinski definition) is 2. The summed E-state index contributed by atoms with van der Waals surface area (Å²) in [6, 6.07) is 19.4. The molecule has 1 heterocycles. The number of likely N-dealkylation sites (tertiary alicyclic amines) is 1. The van der Waals surface area contributed by atoms with Crippen molar-refractivity contribution in [3.63, 3.8) is 0 Å². The minimum atomic E-state index is -2.71. The molecule has 0 aromatic heterocycles. The van der Waals surface area contributed by atoms with Crippen LogP contribution in [0.25, 0.3) is 0 Å². The van der Waals surface area contributed by atoms with Crippen LogP contribution in [0.1, 0.15) is 17.2 Å². The lowest BCUT2D eigenvalue weighted by atomic mass is 9.87.